The predicted octanol–water partition coefficient (Wildman–Crippen LogP) is 2.61. The van der Waals surface area contributed by atoms with Crippen molar-refractivity contribution in [3.8, 4) is 0 Å². The van der Waals surface area contributed by atoms with Crippen LogP contribution >= 0.6 is 0 Å². The number of anilines is 1. The van der Waals surface area contributed by atoms with Gasteiger partial charge >= 0.3 is 6.18 Å². The van der Waals surface area contributed by atoms with Crippen LogP contribution in [0.5, 0.6) is 0 Å². The monoisotopic (exact) mass is 430 g/mol. The zero-order chi connectivity index (χ0) is 20.5. The van der Waals surface area contributed by atoms with Gasteiger partial charge in [0.1, 0.15) is 23.1 Å². The van der Waals surface area contributed by atoms with Gasteiger partial charge in [-0.25, -0.2) is 30.3 Å². The van der Waals surface area contributed by atoms with Crippen molar-refractivity contribution >= 4 is 25.7 Å². The van der Waals surface area contributed by atoms with Gasteiger partial charge in [0.2, 0.25) is 10.0 Å². The minimum absolute atomic E-state index is 0.214. The molecule has 0 amide bonds. The molecule has 0 atom stereocenters. The lowest BCUT2D eigenvalue weighted by molar-refractivity contribution is -0.121. The van der Waals surface area contributed by atoms with Gasteiger partial charge < -0.3 is 0 Å². The van der Waals surface area contributed by atoms with Crippen LogP contribution < -0.4 is 9.44 Å². The molecule has 0 aromatic heterocycles. The molecule has 0 saturated heterocycles. The summed E-state index contributed by atoms with van der Waals surface area (Å²) < 4.78 is 114. The Morgan fingerprint density at radius 3 is 2.00 bits per heavy atom. The molecule has 13 heteroatoms. The Bertz CT molecular complexity index is 1040. The smallest absolute Gasteiger partial charge is 0.280 e. The van der Waals surface area contributed by atoms with Crippen LogP contribution in [-0.4, -0.2) is 29.6 Å². The molecule has 0 aliphatic carbocycles. The van der Waals surface area contributed by atoms with Gasteiger partial charge in [-0.2, -0.15) is 13.2 Å². The Kier molecular flexibility index (Phi) is 5.77. The van der Waals surface area contributed by atoms with Gasteiger partial charge in [0, 0.05) is 5.69 Å². The van der Waals surface area contributed by atoms with Crippen molar-refractivity contribution in [3.05, 3.63) is 54.1 Å². The van der Waals surface area contributed by atoms with Gasteiger partial charge in [-0.05, 0) is 42.5 Å². The van der Waals surface area contributed by atoms with Crippen LogP contribution in [0, 0.1) is 11.6 Å². The summed E-state index contributed by atoms with van der Waals surface area (Å²) in [6, 6.07) is 5.37. The molecule has 0 aliphatic rings. The number of halogens is 5. The fourth-order valence-electron chi connectivity index (χ4n) is 1.86. The summed E-state index contributed by atoms with van der Waals surface area (Å²) in [6.45, 7) is -1.78. The van der Waals surface area contributed by atoms with Crippen LogP contribution in [-0.2, 0) is 20.0 Å². The van der Waals surface area contributed by atoms with Gasteiger partial charge in [-0.1, -0.05) is 0 Å². The number of rotatable bonds is 6. The normalized spacial score (nSPS) is 12.8. The maximum atomic E-state index is 13.6. The quantitative estimate of drug-likeness (QED) is 0.690. The minimum atomic E-state index is -4.75. The van der Waals surface area contributed by atoms with E-state index in [0.717, 1.165) is 30.3 Å². The first-order valence-electron chi connectivity index (χ1n) is 6.94. The van der Waals surface area contributed by atoms with Crippen molar-refractivity contribution < 1.29 is 38.8 Å². The third kappa shape index (κ3) is 5.61. The van der Waals surface area contributed by atoms with E-state index in [2.05, 4.69) is 0 Å². The molecule has 2 aromatic rings. The SMILES string of the molecule is O=S(=O)(NCC(F)(F)F)c1ccc(NS(=O)(=O)c2cc(F)ccc2F)cc1. The molecule has 0 saturated carbocycles. The van der Waals surface area contributed by atoms with Gasteiger partial charge in [-0.3, -0.25) is 4.72 Å². The fraction of sp³-hybridized carbons (Fsp3) is 0.143. The minimum Gasteiger partial charge on any atom is -0.280 e. The number of sulfonamides is 2. The summed E-state index contributed by atoms with van der Waals surface area (Å²) in [5, 5.41) is 0. The zero-order valence-electron chi connectivity index (χ0n) is 13.1. The number of hydrogen-bond donors (Lipinski definition) is 2. The highest BCUT2D eigenvalue weighted by atomic mass is 32.2. The number of benzene rings is 2. The predicted molar refractivity (Wildman–Crippen MR) is 84.9 cm³/mol. The molecular weight excluding hydrogens is 419 g/mol. The van der Waals surface area contributed by atoms with Crippen LogP contribution in [0.4, 0.5) is 27.6 Å². The van der Waals surface area contributed by atoms with Crippen LogP contribution in [0.3, 0.4) is 0 Å². The average Bonchev–Trinajstić information content (AvgIpc) is 2.55. The topological polar surface area (TPSA) is 92.3 Å². The third-order valence-electron chi connectivity index (χ3n) is 3.06. The first-order chi connectivity index (χ1) is 12.3. The molecule has 2 N–H and O–H groups in total. The summed E-state index contributed by atoms with van der Waals surface area (Å²) in [6.07, 6.45) is -4.75. The van der Waals surface area contributed by atoms with Gasteiger partial charge in [0.25, 0.3) is 10.0 Å². The van der Waals surface area contributed by atoms with Crippen molar-refractivity contribution in [2.45, 2.75) is 16.0 Å². The lowest BCUT2D eigenvalue weighted by Crippen LogP contribution is -2.33. The van der Waals surface area contributed by atoms with E-state index in [-0.39, 0.29) is 5.69 Å². The Labute approximate surface area is 151 Å². The van der Waals surface area contributed by atoms with Gasteiger partial charge in [0.05, 0.1) is 4.90 Å². The second kappa shape index (κ2) is 7.40. The van der Waals surface area contributed by atoms with Crippen LogP contribution in [0.25, 0.3) is 0 Å². The molecule has 0 heterocycles. The van der Waals surface area contributed by atoms with E-state index < -0.39 is 54.2 Å². The molecule has 0 radical (unpaired) electrons. The molecular formula is C14H11F5N2O4S2. The summed E-state index contributed by atoms with van der Waals surface area (Å²) in [5.41, 5.74) is -0.214. The molecule has 0 fully saturated rings. The van der Waals surface area contributed by atoms with E-state index in [1.165, 1.54) is 4.72 Å². The first-order valence-corrected chi connectivity index (χ1v) is 9.91. The van der Waals surface area contributed by atoms with E-state index in [9.17, 15) is 38.8 Å². The molecule has 2 rings (SSSR count). The van der Waals surface area contributed by atoms with E-state index >= 15 is 0 Å². The summed E-state index contributed by atoms with van der Waals surface area (Å²) in [7, 11) is -9.00. The lowest BCUT2D eigenvalue weighted by atomic mass is 10.3. The highest BCUT2D eigenvalue weighted by Crippen LogP contribution is 2.21. The second-order valence-electron chi connectivity index (χ2n) is 5.14. The largest absolute Gasteiger partial charge is 0.402 e. The van der Waals surface area contributed by atoms with Crippen molar-refractivity contribution in [2.24, 2.45) is 0 Å². The highest BCUT2D eigenvalue weighted by Gasteiger charge is 2.30. The second-order valence-corrected chi connectivity index (χ2v) is 8.56. The third-order valence-corrected chi connectivity index (χ3v) is 5.88. The van der Waals surface area contributed by atoms with Crippen molar-refractivity contribution in [2.75, 3.05) is 11.3 Å². The zero-order valence-corrected chi connectivity index (χ0v) is 14.7. The van der Waals surface area contributed by atoms with Crippen LogP contribution in [0.15, 0.2) is 52.3 Å². The molecule has 0 spiro atoms. The summed E-state index contributed by atoms with van der Waals surface area (Å²) >= 11 is 0. The Hall–Kier alpha value is -2.25. The Balaban J connectivity index is 2.21. The van der Waals surface area contributed by atoms with E-state index in [4.69, 9.17) is 0 Å². The molecule has 6 nitrogen and oxygen atoms in total. The maximum Gasteiger partial charge on any atom is 0.402 e. The number of alkyl halides is 3. The standard InChI is InChI=1S/C14H11F5N2O4S2/c15-9-1-6-12(16)13(7-9)27(24,25)21-10-2-4-11(5-3-10)26(22,23)20-8-14(17,18)19/h1-7,20-21H,8H2. The van der Waals surface area contributed by atoms with Crippen molar-refractivity contribution in [1.82, 2.24) is 4.72 Å². The van der Waals surface area contributed by atoms with Crippen LogP contribution in [0.2, 0.25) is 0 Å². The first kappa shape index (κ1) is 21.1. The molecule has 0 bridgehead atoms. The molecule has 0 unspecified atom stereocenters. The molecule has 27 heavy (non-hydrogen) atoms. The number of nitrogens with one attached hydrogen (secondary N) is 2. The molecule has 0 aliphatic heterocycles. The number of hydrogen-bond acceptors (Lipinski definition) is 4. The molecule has 2 aromatic carbocycles. The fourth-order valence-corrected chi connectivity index (χ4v) is 4.02. The van der Waals surface area contributed by atoms with Crippen molar-refractivity contribution in [1.29, 1.82) is 0 Å². The maximum absolute atomic E-state index is 13.6. The van der Waals surface area contributed by atoms with Gasteiger partial charge in [-0.15, -0.1) is 0 Å². The van der Waals surface area contributed by atoms with Crippen molar-refractivity contribution in [3.63, 3.8) is 0 Å². The average molecular weight is 430 g/mol. The lowest BCUT2D eigenvalue weighted by Gasteiger charge is -2.11. The molecule has 148 valence electrons. The van der Waals surface area contributed by atoms with Gasteiger partial charge in [0.15, 0.2) is 0 Å². The Morgan fingerprint density at radius 1 is 0.852 bits per heavy atom. The van der Waals surface area contributed by atoms with E-state index in [1.807, 2.05) is 4.72 Å². The Morgan fingerprint density at radius 2 is 1.44 bits per heavy atom. The van der Waals surface area contributed by atoms with E-state index in [0.29, 0.717) is 12.1 Å². The summed E-state index contributed by atoms with van der Waals surface area (Å²) in [4.78, 5) is -1.52. The highest BCUT2D eigenvalue weighted by molar-refractivity contribution is 7.92. The summed E-state index contributed by atoms with van der Waals surface area (Å²) in [5.74, 6) is -2.20. The van der Waals surface area contributed by atoms with Crippen LogP contribution in [0.1, 0.15) is 0 Å². The van der Waals surface area contributed by atoms with E-state index in [1.54, 1.807) is 0 Å².